The van der Waals surface area contributed by atoms with Crippen molar-refractivity contribution in [2.24, 2.45) is 0 Å². The van der Waals surface area contributed by atoms with Crippen LogP contribution in [-0.4, -0.2) is 19.5 Å². The molecule has 1 aliphatic carbocycles. The standard InChI is InChI=1S/C13H17FN2O.ClH/c1-15-9-6-12(17)16-13(7-8-13)10-4-2-3-5-11(10)14;/h2-5,15H,6-9H2,1H3,(H,16,17);1H. The normalized spacial score (nSPS) is 15.7. The number of amides is 1. The molecule has 0 heterocycles. The van der Waals surface area contributed by atoms with Crippen molar-refractivity contribution in [2.75, 3.05) is 13.6 Å². The molecule has 1 fully saturated rings. The predicted molar refractivity (Wildman–Crippen MR) is 71.2 cm³/mol. The van der Waals surface area contributed by atoms with Crippen LogP contribution >= 0.6 is 12.4 Å². The molecule has 0 radical (unpaired) electrons. The number of nitrogens with one attached hydrogen (secondary N) is 2. The van der Waals surface area contributed by atoms with Crippen LogP contribution in [0.2, 0.25) is 0 Å². The molecule has 0 unspecified atom stereocenters. The Hall–Kier alpha value is -1.13. The zero-order valence-electron chi connectivity index (χ0n) is 10.3. The van der Waals surface area contributed by atoms with Crippen molar-refractivity contribution < 1.29 is 9.18 Å². The van der Waals surface area contributed by atoms with Gasteiger partial charge in [-0.05, 0) is 26.0 Å². The maximum absolute atomic E-state index is 13.7. The molecule has 5 heteroatoms. The third kappa shape index (κ3) is 3.21. The lowest BCUT2D eigenvalue weighted by Gasteiger charge is -2.18. The first kappa shape index (κ1) is 14.9. The van der Waals surface area contributed by atoms with Gasteiger partial charge in [-0.25, -0.2) is 4.39 Å². The van der Waals surface area contributed by atoms with Gasteiger partial charge in [0.1, 0.15) is 5.82 Å². The lowest BCUT2D eigenvalue weighted by Crippen LogP contribution is -2.36. The van der Waals surface area contributed by atoms with Gasteiger partial charge in [0.15, 0.2) is 0 Å². The summed E-state index contributed by atoms with van der Waals surface area (Å²) in [5, 5.41) is 5.86. The summed E-state index contributed by atoms with van der Waals surface area (Å²) in [7, 11) is 1.80. The van der Waals surface area contributed by atoms with E-state index < -0.39 is 5.54 Å². The largest absolute Gasteiger partial charge is 0.346 e. The van der Waals surface area contributed by atoms with Gasteiger partial charge in [0.05, 0.1) is 5.54 Å². The zero-order valence-corrected chi connectivity index (χ0v) is 11.1. The van der Waals surface area contributed by atoms with Gasteiger partial charge < -0.3 is 10.6 Å². The van der Waals surface area contributed by atoms with Gasteiger partial charge in [0, 0.05) is 18.5 Å². The first-order valence-corrected chi connectivity index (χ1v) is 5.88. The SMILES string of the molecule is CNCCC(=O)NC1(c2ccccc2F)CC1.Cl. The molecular formula is C13H18ClFN2O. The third-order valence-electron chi connectivity index (χ3n) is 3.12. The molecule has 100 valence electrons. The van der Waals surface area contributed by atoms with Gasteiger partial charge in [0.25, 0.3) is 0 Å². The number of hydrogen-bond acceptors (Lipinski definition) is 2. The van der Waals surface area contributed by atoms with Crippen LogP contribution in [0, 0.1) is 5.82 Å². The van der Waals surface area contributed by atoms with Crippen LogP contribution in [0.1, 0.15) is 24.8 Å². The van der Waals surface area contributed by atoms with Crippen LogP contribution < -0.4 is 10.6 Å². The monoisotopic (exact) mass is 272 g/mol. The van der Waals surface area contributed by atoms with Crippen LogP contribution in [0.3, 0.4) is 0 Å². The summed E-state index contributed by atoms with van der Waals surface area (Å²) < 4.78 is 13.7. The number of carbonyl (C=O) groups is 1. The van der Waals surface area contributed by atoms with Crippen LogP contribution in [0.15, 0.2) is 24.3 Å². The van der Waals surface area contributed by atoms with Gasteiger partial charge in [-0.1, -0.05) is 18.2 Å². The fourth-order valence-corrected chi connectivity index (χ4v) is 2.00. The molecule has 18 heavy (non-hydrogen) atoms. The van der Waals surface area contributed by atoms with E-state index in [1.54, 1.807) is 25.2 Å². The molecule has 1 saturated carbocycles. The Kier molecular flexibility index (Phi) is 5.11. The van der Waals surface area contributed by atoms with Crippen molar-refractivity contribution >= 4 is 18.3 Å². The minimum Gasteiger partial charge on any atom is -0.346 e. The van der Waals surface area contributed by atoms with E-state index in [0.717, 1.165) is 12.8 Å². The highest BCUT2D eigenvalue weighted by Gasteiger charge is 2.47. The molecule has 0 atom stereocenters. The highest BCUT2D eigenvalue weighted by atomic mass is 35.5. The van der Waals surface area contributed by atoms with E-state index in [2.05, 4.69) is 10.6 Å². The fourth-order valence-electron chi connectivity index (χ4n) is 2.00. The number of rotatable bonds is 5. The molecule has 0 aromatic heterocycles. The molecule has 1 aromatic carbocycles. The van der Waals surface area contributed by atoms with E-state index in [-0.39, 0.29) is 24.1 Å². The van der Waals surface area contributed by atoms with Crippen molar-refractivity contribution in [1.82, 2.24) is 10.6 Å². The maximum atomic E-state index is 13.7. The highest BCUT2D eigenvalue weighted by molar-refractivity contribution is 5.85. The smallest absolute Gasteiger partial charge is 0.221 e. The molecule has 0 spiro atoms. The van der Waals surface area contributed by atoms with Crippen molar-refractivity contribution in [3.05, 3.63) is 35.6 Å². The van der Waals surface area contributed by atoms with E-state index in [1.807, 2.05) is 0 Å². The zero-order chi connectivity index (χ0) is 12.3. The summed E-state index contributed by atoms with van der Waals surface area (Å²) in [5.41, 5.74) is 0.161. The Bertz CT molecular complexity index is 421. The summed E-state index contributed by atoms with van der Waals surface area (Å²) >= 11 is 0. The lowest BCUT2D eigenvalue weighted by molar-refractivity contribution is -0.122. The lowest BCUT2D eigenvalue weighted by atomic mass is 10.0. The van der Waals surface area contributed by atoms with E-state index in [1.165, 1.54) is 6.07 Å². The third-order valence-corrected chi connectivity index (χ3v) is 3.12. The van der Waals surface area contributed by atoms with Crippen LogP contribution in [0.4, 0.5) is 4.39 Å². The van der Waals surface area contributed by atoms with Gasteiger partial charge in [-0.3, -0.25) is 4.79 Å². The first-order chi connectivity index (χ1) is 8.18. The average molecular weight is 273 g/mol. The molecule has 1 amide bonds. The summed E-state index contributed by atoms with van der Waals surface area (Å²) in [5.74, 6) is -0.265. The van der Waals surface area contributed by atoms with Gasteiger partial charge in [-0.2, -0.15) is 0 Å². The van der Waals surface area contributed by atoms with E-state index in [9.17, 15) is 9.18 Å². The van der Waals surface area contributed by atoms with Gasteiger partial charge in [-0.15, -0.1) is 12.4 Å². The Labute approximate surface area is 113 Å². The fraction of sp³-hybridized carbons (Fsp3) is 0.462. The predicted octanol–water partition coefficient (Wildman–Crippen LogP) is 1.96. The van der Waals surface area contributed by atoms with E-state index >= 15 is 0 Å². The van der Waals surface area contributed by atoms with Gasteiger partial charge >= 0.3 is 0 Å². The summed E-state index contributed by atoms with van der Waals surface area (Å²) in [6, 6.07) is 6.66. The molecule has 3 nitrogen and oxygen atoms in total. The van der Waals surface area contributed by atoms with E-state index in [0.29, 0.717) is 18.5 Å². The van der Waals surface area contributed by atoms with Crippen LogP contribution in [0.5, 0.6) is 0 Å². The molecule has 2 N–H and O–H groups in total. The summed E-state index contributed by atoms with van der Waals surface area (Å²) in [4.78, 5) is 11.7. The number of carbonyl (C=O) groups excluding carboxylic acids is 1. The second-order valence-corrected chi connectivity index (χ2v) is 4.46. The van der Waals surface area contributed by atoms with Crippen molar-refractivity contribution in [3.8, 4) is 0 Å². The molecule has 1 aromatic rings. The second-order valence-electron chi connectivity index (χ2n) is 4.46. The quantitative estimate of drug-likeness (QED) is 0.860. The first-order valence-electron chi connectivity index (χ1n) is 5.88. The topological polar surface area (TPSA) is 41.1 Å². The number of hydrogen-bond donors (Lipinski definition) is 2. The molecule has 0 saturated heterocycles. The molecule has 0 aliphatic heterocycles. The second kappa shape index (κ2) is 6.16. The van der Waals surface area contributed by atoms with Crippen LogP contribution in [0.25, 0.3) is 0 Å². The summed E-state index contributed by atoms with van der Waals surface area (Å²) in [6.07, 6.45) is 2.06. The Morgan fingerprint density at radius 3 is 2.61 bits per heavy atom. The number of benzene rings is 1. The van der Waals surface area contributed by atoms with Crippen molar-refractivity contribution in [3.63, 3.8) is 0 Å². The average Bonchev–Trinajstić information content (AvgIpc) is 3.07. The summed E-state index contributed by atoms with van der Waals surface area (Å²) in [6.45, 7) is 0.638. The van der Waals surface area contributed by atoms with Crippen molar-refractivity contribution in [2.45, 2.75) is 24.8 Å². The minimum atomic E-state index is -0.448. The Morgan fingerprint density at radius 1 is 1.39 bits per heavy atom. The van der Waals surface area contributed by atoms with Crippen LogP contribution in [-0.2, 0) is 10.3 Å². The Morgan fingerprint density at radius 2 is 2.06 bits per heavy atom. The molecule has 2 rings (SSSR count). The highest BCUT2D eigenvalue weighted by Crippen LogP contribution is 2.46. The molecule has 1 aliphatic rings. The maximum Gasteiger partial charge on any atom is 0.221 e. The minimum absolute atomic E-state index is 0. The molecular weight excluding hydrogens is 255 g/mol. The number of halogens is 2. The Balaban J connectivity index is 0.00000162. The van der Waals surface area contributed by atoms with Gasteiger partial charge in [0.2, 0.25) is 5.91 Å². The van der Waals surface area contributed by atoms with Crippen molar-refractivity contribution in [1.29, 1.82) is 0 Å². The van der Waals surface area contributed by atoms with E-state index in [4.69, 9.17) is 0 Å². The molecule has 0 bridgehead atoms.